The third-order valence-electron chi connectivity index (χ3n) is 2.34. The largest absolute Gasteiger partial charge is 0.481 e. The zero-order valence-electron chi connectivity index (χ0n) is 8.70. The number of benzene rings is 1. The van der Waals surface area contributed by atoms with Gasteiger partial charge >= 0.3 is 5.97 Å². The van der Waals surface area contributed by atoms with Gasteiger partial charge in [-0.15, -0.1) is 0 Å². The Morgan fingerprint density at radius 2 is 2.19 bits per heavy atom. The Labute approximate surface area is 91.5 Å². The number of carbonyl (C=O) groups is 1. The summed E-state index contributed by atoms with van der Waals surface area (Å²) < 4.78 is 13.5. The van der Waals surface area contributed by atoms with Gasteiger partial charge in [0, 0.05) is 16.6 Å². The minimum absolute atomic E-state index is 0.165. The van der Waals surface area contributed by atoms with Crippen molar-refractivity contribution >= 4 is 16.9 Å². The van der Waals surface area contributed by atoms with Crippen LogP contribution in [0.2, 0.25) is 0 Å². The molecule has 0 bridgehead atoms. The van der Waals surface area contributed by atoms with E-state index in [0.29, 0.717) is 10.9 Å². The molecule has 0 spiro atoms. The van der Waals surface area contributed by atoms with Gasteiger partial charge in [-0.05, 0) is 25.1 Å². The maximum atomic E-state index is 13.5. The Hall–Kier alpha value is -1.97. The predicted octanol–water partition coefficient (Wildman–Crippen LogP) is 2.31. The molecule has 1 heterocycles. The summed E-state index contributed by atoms with van der Waals surface area (Å²) >= 11 is 0. The van der Waals surface area contributed by atoms with Gasteiger partial charge < -0.3 is 5.11 Å². The van der Waals surface area contributed by atoms with Gasteiger partial charge in [0.1, 0.15) is 5.82 Å². The number of aryl methyl sites for hydroxylation is 1. The first kappa shape index (κ1) is 10.5. The molecule has 1 N–H and O–H groups in total. The van der Waals surface area contributed by atoms with E-state index in [1.165, 1.54) is 12.1 Å². The van der Waals surface area contributed by atoms with E-state index in [1.807, 2.05) is 6.92 Å². The van der Waals surface area contributed by atoms with E-state index in [0.717, 1.165) is 5.69 Å². The number of nitrogens with zero attached hydrogens (tertiary/aromatic N) is 1. The number of hydrogen-bond acceptors (Lipinski definition) is 2. The highest BCUT2D eigenvalue weighted by atomic mass is 19.1. The summed E-state index contributed by atoms with van der Waals surface area (Å²) in [4.78, 5) is 14.8. The van der Waals surface area contributed by atoms with Crippen molar-refractivity contribution in [3.05, 3.63) is 41.3 Å². The Balaban J connectivity index is 2.59. The van der Waals surface area contributed by atoms with Crippen molar-refractivity contribution in [1.29, 1.82) is 0 Å². The molecule has 2 aromatic rings. The molecular weight excluding hydrogens is 209 g/mol. The van der Waals surface area contributed by atoms with Gasteiger partial charge in [0.2, 0.25) is 0 Å². The van der Waals surface area contributed by atoms with Gasteiger partial charge in [0.15, 0.2) is 0 Å². The first-order valence-electron chi connectivity index (χ1n) is 4.84. The highest BCUT2D eigenvalue weighted by Gasteiger charge is 2.09. The molecule has 0 aliphatic heterocycles. The fourth-order valence-corrected chi connectivity index (χ4v) is 1.59. The van der Waals surface area contributed by atoms with E-state index in [1.54, 1.807) is 12.1 Å². The number of rotatable bonds is 2. The zero-order chi connectivity index (χ0) is 11.7. The van der Waals surface area contributed by atoms with Crippen LogP contribution in [0.5, 0.6) is 0 Å². The lowest BCUT2D eigenvalue weighted by atomic mass is 10.1. The highest BCUT2D eigenvalue weighted by Crippen LogP contribution is 2.18. The molecule has 0 radical (unpaired) electrons. The second-order valence-electron chi connectivity index (χ2n) is 3.66. The lowest BCUT2D eigenvalue weighted by Gasteiger charge is -2.03. The molecule has 0 unspecified atom stereocenters. The minimum atomic E-state index is -1.05. The Bertz CT molecular complexity index is 566. The fourth-order valence-electron chi connectivity index (χ4n) is 1.59. The minimum Gasteiger partial charge on any atom is -0.481 e. The smallest absolute Gasteiger partial charge is 0.307 e. The normalized spacial score (nSPS) is 10.6. The first-order chi connectivity index (χ1) is 7.56. The van der Waals surface area contributed by atoms with Crippen molar-refractivity contribution < 1.29 is 14.3 Å². The average Bonchev–Trinajstić information content (AvgIpc) is 2.19. The molecule has 3 nitrogen and oxygen atoms in total. The summed E-state index contributed by atoms with van der Waals surface area (Å²) in [6.07, 6.45) is -0.322. The average molecular weight is 219 g/mol. The second kappa shape index (κ2) is 3.89. The Kier molecular flexibility index (Phi) is 2.56. The zero-order valence-corrected chi connectivity index (χ0v) is 8.70. The number of hydrogen-bond donors (Lipinski definition) is 1. The second-order valence-corrected chi connectivity index (χ2v) is 3.66. The molecule has 1 aromatic heterocycles. The summed E-state index contributed by atoms with van der Waals surface area (Å²) in [5.41, 5.74) is 1.61. The van der Waals surface area contributed by atoms with Gasteiger partial charge in [-0.2, -0.15) is 0 Å². The monoisotopic (exact) mass is 219 g/mol. The molecule has 0 saturated carbocycles. The van der Waals surface area contributed by atoms with Crippen LogP contribution in [-0.4, -0.2) is 16.1 Å². The molecule has 82 valence electrons. The van der Waals surface area contributed by atoms with Crippen molar-refractivity contribution in [2.24, 2.45) is 0 Å². The van der Waals surface area contributed by atoms with Gasteiger partial charge in [-0.1, -0.05) is 6.07 Å². The topological polar surface area (TPSA) is 50.2 Å². The maximum absolute atomic E-state index is 13.5. The predicted molar refractivity (Wildman–Crippen MR) is 57.8 cm³/mol. The molecule has 0 aliphatic rings. The highest BCUT2D eigenvalue weighted by molar-refractivity contribution is 5.81. The number of fused-ring (bicyclic) bond motifs is 1. The van der Waals surface area contributed by atoms with Gasteiger partial charge in [0.25, 0.3) is 0 Å². The Morgan fingerprint density at radius 3 is 2.88 bits per heavy atom. The molecule has 1 aromatic carbocycles. The number of halogens is 1. The first-order valence-corrected chi connectivity index (χ1v) is 4.84. The molecular formula is C12H10FNO2. The van der Waals surface area contributed by atoms with Crippen LogP contribution in [0, 0.1) is 12.7 Å². The molecule has 4 heteroatoms. The maximum Gasteiger partial charge on any atom is 0.307 e. The van der Waals surface area contributed by atoms with Crippen LogP contribution < -0.4 is 0 Å². The van der Waals surface area contributed by atoms with Crippen molar-refractivity contribution in [2.75, 3.05) is 0 Å². The summed E-state index contributed by atoms with van der Waals surface area (Å²) in [6.45, 7) is 1.83. The molecule has 0 saturated heterocycles. The molecule has 0 fully saturated rings. The standard InChI is InChI=1S/C12H10FNO2/c1-7-2-3-8-4-10(13)9(6-12(15)16)5-11(8)14-7/h2-5H,6H2,1H3,(H,15,16). The van der Waals surface area contributed by atoms with Crippen molar-refractivity contribution in [3.63, 3.8) is 0 Å². The lowest BCUT2D eigenvalue weighted by Crippen LogP contribution is -2.02. The Morgan fingerprint density at radius 1 is 1.44 bits per heavy atom. The van der Waals surface area contributed by atoms with Gasteiger partial charge in [-0.3, -0.25) is 9.78 Å². The van der Waals surface area contributed by atoms with Crippen LogP contribution in [0.25, 0.3) is 10.9 Å². The van der Waals surface area contributed by atoms with E-state index in [4.69, 9.17) is 5.11 Å². The fraction of sp³-hybridized carbons (Fsp3) is 0.167. The third kappa shape index (κ3) is 2.00. The summed E-state index contributed by atoms with van der Waals surface area (Å²) in [5, 5.41) is 9.31. The molecule has 0 aliphatic carbocycles. The van der Waals surface area contributed by atoms with Crippen LogP contribution in [0.3, 0.4) is 0 Å². The van der Waals surface area contributed by atoms with Crippen molar-refractivity contribution in [2.45, 2.75) is 13.3 Å². The number of carboxylic acids is 1. The van der Waals surface area contributed by atoms with Gasteiger partial charge in [-0.25, -0.2) is 4.39 Å². The summed E-state index contributed by atoms with van der Waals surface area (Å²) in [5.74, 6) is -1.55. The van der Waals surface area contributed by atoms with Crippen molar-refractivity contribution in [1.82, 2.24) is 4.98 Å². The summed E-state index contributed by atoms with van der Waals surface area (Å²) in [7, 11) is 0. The van der Waals surface area contributed by atoms with Crippen LogP contribution in [-0.2, 0) is 11.2 Å². The van der Waals surface area contributed by atoms with E-state index < -0.39 is 11.8 Å². The van der Waals surface area contributed by atoms with E-state index in [9.17, 15) is 9.18 Å². The SMILES string of the molecule is Cc1ccc2cc(F)c(CC(=O)O)cc2n1. The van der Waals surface area contributed by atoms with Crippen LogP contribution >= 0.6 is 0 Å². The summed E-state index contributed by atoms with van der Waals surface area (Å²) in [6, 6.07) is 6.37. The van der Waals surface area contributed by atoms with Crippen LogP contribution in [0.1, 0.15) is 11.3 Å². The number of carboxylic acid groups (broad SMARTS) is 1. The molecule has 0 amide bonds. The quantitative estimate of drug-likeness (QED) is 0.843. The number of aromatic nitrogens is 1. The van der Waals surface area contributed by atoms with Crippen molar-refractivity contribution in [3.8, 4) is 0 Å². The third-order valence-corrected chi connectivity index (χ3v) is 2.34. The van der Waals surface area contributed by atoms with E-state index >= 15 is 0 Å². The number of aliphatic carboxylic acids is 1. The van der Waals surface area contributed by atoms with Crippen LogP contribution in [0.15, 0.2) is 24.3 Å². The van der Waals surface area contributed by atoms with E-state index in [2.05, 4.69) is 4.98 Å². The van der Waals surface area contributed by atoms with Gasteiger partial charge in [0.05, 0.1) is 11.9 Å². The molecule has 16 heavy (non-hydrogen) atoms. The molecule has 2 rings (SSSR count). The molecule has 0 atom stereocenters. The lowest BCUT2D eigenvalue weighted by molar-refractivity contribution is -0.136. The van der Waals surface area contributed by atoms with E-state index in [-0.39, 0.29) is 12.0 Å². The number of pyridine rings is 1. The van der Waals surface area contributed by atoms with Crippen LogP contribution in [0.4, 0.5) is 4.39 Å².